The van der Waals surface area contributed by atoms with Crippen LogP contribution in [0.15, 0.2) is 18.2 Å². The molecule has 0 aromatic heterocycles. The van der Waals surface area contributed by atoms with Crippen molar-refractivity contribution in [2.24, 2.45) is 0 Å². The van der Waals surface area contributed by atoms with Gasteiger partial charge in [-0.2, -0.15) is 0 Å². The van der Waals surface area contributed by atoms with Crippen LogP contribution < -0.4 is 0 Å². The van der Waals surface area contributed by atoms with Crippen molar-refractivity contribution >= 4 is 11.9 Å². The van der Waals surface area contributed by atoms with Crippen LogP contribution in [0, 0.1) is 17.7 Å². The first-order valence-electron chi connectivity index (χ1n) is 4.25. The van der Waals surface area contributed by atoms with Gasteiger partial charge >= 0.3 is 11.9 Å². The molecule has 16 heavy (non-hydrogen) atoms. The molecule has 1 aromatic carbocycles. The Labute approximate surface area is 90.3 Å². The van der Waals surface area contributed by atoms with Crippen molar-refractivity contribution in [3.8, 4) is 11.8 Å². The van der Waals surface area contributed by atoms with Gasteiger partial charge in [0.05, 0.1) is 11.1 Å². The van der Waals surface area contributed by atoms with Gasteiger partial charge in [-0.1, -0.05) is 17.9 Å². The van der Waals surface area contributed by atoms with Crippen molar-refractivity contribution < 1.29 is 24.2 Å². The number of carboxylic acid groups (broad SMARTS) is 2. The SMILES string of the molecule is O=C(O)CC#Cc1cccc(C(=O)O)c1F. The number of hydrogen-bond acceptors (Lipinski definition) is 2. The van der Waals surface area contributed by atoms with Crippen LogP contribution in [0.2, 0.25) is 0 Å². The van der Waals surface area contributed by atoms with Crippen molar-refractivity contribution in [1.29, 1.82) is 0 Å². The first-order valence-corrected chi connectivity index (χ1v) is 4.25. The minimum atomic E-state index is -1.39. The van der Waals surface area contributed by atoms with E-state index in [0.29, 0.717) is 0 Å². The van der Waals surface area contributed by atoms with E-state index in [1.807, 2.05) is 0 Å². The van der Waals surface area contributed by atoms with E-state index in [9.17, 15) is 14.0 Å². The van der Waals surface area contributed by atoms with Crippen LogP contribution in [0.3, 0.4) is 0 Å². The first-order chi connectivity index (χ1) is 7.52. The average molecular weight is 222 g/mol. The summed E-state index contributed by atoms with van der Waals surface area (Å²) in [6.07, 6.45) is -0.420. The minimum absolute atomic E-state index is 0.124. The number of halogens is 1. The van der Waals surface area contributed by atoms with Gasteiger partial charge < -0.3 is 10.2 Å². The largest absolute Gasteiger partial charge is 0.481 e. The first kappa shape index (κ1) is 11.7. The molecule has 82 valence electrons. The van der Waals surface area contributed by atoms with Crippen molar-refractivity contribution in [3.05, 3.63) is 35.1 Å². The molecule has 0 aliphatic heterocycles. The maximum atomic E-state index is 13.4. The van der Waals surface area contributed by atoms with Crippen LogP contribution in [-0.2, 0) is 4.79 Å². The maximum Gasteiger partial charge on any atom is 0.338 e. The van der Waals surface area contributed by atoms with E-state index in [4.69, 9.17) is 10.2 Å². The number of carboxylic acids is 2. The zero-order valence-electron chi connectivity index (χ0n) is 8.03. The van der Waals surface area contributed by atoms with Crippen LogP contribution in [0.5, 0.6) is 0 Å². The summed E-state index contributed by atoms with van der Waals surface area (Å²) in [4.78, 5) is 20.7. The molecule has 0 saturated carbocycles. The number of aromatic carboxylic acids is 1. The molecule has 5 heteroatoms. The lowest BCUT2D eigenvalue weighted by molar-refractivity contribution is -0.135. The third-order valence-electron chi connectivity index (χ3n) is 1.69. The highest BCUT2D eigenvalue weighted by Crippen LogP contribution is 2.11. The van der Waals surface area contributed by atoms with E-state index in [2.05, 4.69) is 11.8 Å². The lowest BCUT2D eigenvalue weighted by Crippen LogP contribution is -2.02. The molecule has 0 aliphatic carbocycles. The van der Waals surface area contributed by atoms with E-state index in [-0.39, 0.29) is 5.56 Å². The predicted octanol–water partition coefficient (Wildman–Crippen LogP) is 1.35. The second-order valence-electron chi connectivity index (χ2n) is 2.84. The van der Waals surface area contributed by atoms with E-state index in [1.54, 1.807) is 0 Å². The fourth-order valence-corrected chi connectivity index (χ4v) is 1.01. The fourth-order valence-electron chi connectivity index (χ4n) is 1.01. The standard InChI is InChI=1S/C11H7FO4/c12-10-7(4-2-6-9(13)14)3-1-5-8(10)11(15)16/h1,3,5H,6H2,(H,13,14)(H,15,16). The fraction of sp³-hybridized carbons (Fsp3) is 0.0909. The molecule has 4 nitrogen and oxygen atoms in total. The molecular formula is C11H7FO4. The normalized spacial score (nSPS) is 9.06. The van der Waals surface area contributed by atoms with Gasteiger partial charge in [-0.3, -0.25) is 4.79 Å². The van der Waals surface area contributed by atoms with Gasteiger partial charge in [-0.05, 0) is 12.1 Å². The molecule has 2 N–H and O–H groups in total. The molecule has 0 fully saturated rings. The quantitative estimate of drug-likeness (QED) is 0.740. The van der Waals surface area contributed by atoms with Crippen LogP contribution in [0.25, 0.3) is 0 Å². The third kappa shape index (κ3) is 2.82. The Balaban J connectivity index is 3.05. The molecule has 0 unspecified atom stereocenters. The molecule has 1 rings (SSSR count). The zero-order chi connectivity index (χ0) is 12.1. The Kier molecular flexibility index (Phi) is 3.62. The second kappa shape index (κ2) is 4.94. The molecule has 0 amide bonds. The number of carbonyl (C=O) groups is 2. The topological polar surface area (TPSA) is 74.6 Å². The van der Waals surface area contributed by atoms with Crippen LogP contribution in [0.1, 0.15) is 22.3 Å². The summed E-state index contributed by atoms with van der Waals surface area (Å²) in [5.41, 5.74) is -0.608. The summed E-state index contributed by atoms with van der Waals surface area (Å²) in [7, 11) is 0. The molecule has 0 spiro atoms. The Morgan fingerprint density at radius 1 is 1.31 bits per heavy atom. The Bertz CT molecular complexity index is 496. The Morgan fingerprint density at radius 3 is 2.56 bits per heavy atom. The summed E-state index contributed by atoms with van der Waals surface area (Å²) in [5, 5.41) is 16.9. The smallest absolute Gasteiger partial charge is 0.338 e. The molecular weight excluding hydrogens is 215 g/mol. The molecule has 0 aliphatic rings. The van der Waals surface area contributed by atoms with Crippen LogP contribution >= 0.6 is 0 Å². The van der Waals surface area contributed by atoms with Gasteiger partial charge in [-0.25, -0.2) is 9.18 Å². The lowest BCUT2D eigenvalue weighted by atomic mass is 10.1. The van der Waals surface area contributed by atoms with Gasteiger partial charge in [0.15, 0.2) is 5.82 Å². The number of rotatable bonds is 2. The highest BCUT2D eigenvalue weighted by atomic mass is 19.1. The van der Waals surface area contributed by atoms with Crippen molar-refractivity contribution in [3.63, 3.8) is 0 Å². The molecule has 0 heterocycles. The minimum Gasteiger partial charge on any atom is -0.481 e. The number of hydrogen-bond donors (Lipinski definition) is 2. The molecule has 1 aromatic rings. The molecule has 0 bridgehead atoms. The summed E-state index contributed by atoms with van der Waals surface area (Å²) in [6, 6.07) is 3.74. The summed E-state index contributed by atoms with van der Waals surface area (Å²) >= 11 is 0. The van der Waals surface area contributed by atoms with Gasteiger partial charge in [0.1, 0.15) is 6.42 Å². The van der Waals surface area contributed by atoms with Gasteiger partial charge in [0, 0.05) is 0 Å². The van der Waals surface area contributed by atoms with E-state index in [1.165, 1.54) is 12.1 Å². The van der Waals surface area contributed by atoms with E-state index >= 15 is 0 Å². The van der Waals surface area contributed by atoms with Crippen molar-refractivity contribution in [1.82, 2.24) is 0 Å². The van der Waals surface area contributed by atoms with Crippen molar-refractivity contribution in [2.75, 3.05) is 0 Å². The number of benzene rings is 1. The number of aliphatic carboxylic acids is 1. The maximum absolute atomic E-state index is 13.4. The second-order valence-corrected chi connectivity index (χ2v) is 2.84. The third-order valence-corrected chi connectivity index (χ3v) is 1.69. The zero-order valence-corrected chi connectivity index (χ0v) is 8.03. The average Bonchev–Trinajstić information content (AvgIpc) is 2.19. The Morgan fingerprint density at radius 2 is 2.00 bits per heavy atom. The van der Waals surface area contributed by atoms with E-state index in [0.717, 1.165) is 6.07 Å². The summed E-state index contributed by atoms with van der Waals surface area (Å²) < 4.78 is 13.4. The molecule has 0 saturated heterocycles. The summed E-state index contributed by atoms with van der Waals surface area (Å²) in [5.74, 6) is 1.03. The highest BCUT2D eigenvalue weighted by molar-refractivity contribution is 5.88. The van der Waals surface area contributed by atoms with Gasteiger partial charge in [0.25, 0.3) is 0 Å². The molecule has 0 atom stereocenters. The lowest BCUT2D eigenvalue weighted by Gasteiger charge is -1.98. The predicted molar refractivity (Wildman–Crippen MR) is 52.5 cm³/mol. The van der Waals surface area contributed by atoms with Crippen LogP contribution in [-0.4, -0.2) is 22.2 Å². The van der Waals surface area contributed by atoms with Gasteiger partial charge in [-0.15, -0.1) is 0 Å². The Hall–Kier alpha value is -2.35. The van der Waals surface area contributed by atoms with E-state index < -0.39 is 29.7 Å². The monoisotopic (exact) mass is 222 g/mol. The summed E-state index contributed by atoms with van der Waals surface area (Å²) in [6.45, 7) is 0. The molecule has 0 radical (unpaired) electrons. The van der Waals surface area contributed by atoms with Crippen LogP contribution in [0.4, 0.5) is 4.39 Å². The van der Waals surface area contributed by atoms with Crippen molar-refractivity contribution in [2.45, 2.75) is 6.42 Å². The highest BCUT2D eigenvalue weighted by Gasteiger charge is 2.12. The van der Waals surface area contributed by atoms with Gasteiger partial charge in [0.2, 0.25) is 0 Å².